The Kier molecular flexibility index (Phi) is 4.30. The van der Waals surface area contributed by atoms with Crippen LogP contribution < -0.4 is 11.1 Å². The van der Waals surface area contributed by atoms with Gasteiger partial charge in [0.15, 0.2) is 0 Å². The molecule has 2 aromatic rings. The summed E-state index contributed by atoms with van der Waals surface area (Å²) in [4.78, 5) is 20.0. The second kappa shape index (κ2) is 6.14. The first-order valence-corrected chi connectivity index (χ1v) is 6.38. The van der Waals surface area contributed by atoms with Crippen LogP contribution in [0, 0.1) is 5.82 Å². The molecule has 19 heavy (non-hydrogen) atoms. The van der Waals surface area contributed by atoms with Crippen LogP contribution in [-0.4, -0.2) is 21.6 Å². The Morgan fingerprint density at radius 1 is 1.37 bits per heavy atom. The van der Waals surface area contributed by atoms with E-state index in [0.717, 1.165) is 0 Å². The van der Waals surface area contributed by atoms with Crippen molar-refractivity contribution in [2.75, 3.05) is 16.8 Å². The largest absolute Gasteiger partial charge is 0.398 e. The average molecular weight is 278 g/mol. The molecule has 0 aliphatic carbocycles. The zero-order chi connectivity index (χ0) is 13.7. The Morgan fingerprint density at radius 2 is 2.11 bits per heavy atom. The van der Waals surface area contributed by atoms with Crippen molar-refractivity contribution in [3.63, 3.8) is 0 Å². The Labute approximate surface area is 113 Å². The number of amides is 1. The first kappa shape index (κ1) is 13.3. The maximum absolute atomic E-state index is 12.8. The molecule has 0 aliphatic heterocycles. The highest BCUT2D eigenvalue weighted by Gasteiger charge is 2.07. The van der Waals surface area contributed by atoms with E-state index in [2.05, 4.69) is 15.3 Å². The molecule has 3 N–H and O–H groups in total. The molecule has 1 aromatic carbocycles. The molecular weight excluding hydrogens is 267 g/mol. The molecule has 1 amide bonds. The zero-order valence-electron chi connectivity index (χ0n) is 9.84. The molecule has 2 rings (SSSR count). The maximum atomic E-state index is 12.8. The molecule has 1 aromatic heterocycles. The van der Waals surface area contributed by atoms with Gasteiger partial charge >= 0.3 is 0 Å². The Morgan fingerprint density at radius 3 is 2.79 bits per heavy atom. The zero-order valence-corrected chi connectivity index (χ0v) is 10.7. The van der Waals surface area contributed by atoms with E-state index in [1.54, 1.807) is 12.1 Å². The molecule has 0 saturated heterocycles. The van der Waals surface area contributed by atoms with Crippen molar-refractivity contribution in [2.24, 2.45) is 0 Å². The lowest BCUT2D eigenvalue weighted by atomic mass is 10.3. The summed E-state index contributed by atoms with van der Waals surface area (Å²) >= 11 is 1.22. The summed E-state index contributed by atoms with van der Waals surface area (Å²) in [5.41, 5.74) is 5.96. The molecule has 0 unspecified atom stereocenters. The Hall–Kier alpha value is -2.15. The molecular formula is C12H11FN4OS. The number of nitrogens with zero attached hydrogens (tertiary/aromatic N) is 2. The van der Waals surface area contributed by atoms with E-state index in [1.165, 1.54) is 36.3 Å². The van der Waals surface area contributed by atoms with Crippen molar-refractivity contribution in [1.29, 1.82) is 0 Å². The lowest BCUT2D eigenvalue weighted by molar-refractivity contribution is -0.113. The second-order valence-corrected chi connectivity index (χ2v) is 4.61. The summed E-state index contributed by atoms with van der Waals surface area (Å²) < 4.78 is 12.8. The Balaban J connectivity index is 1.90. The first-order valence-electron chi connectivity index (χ1n) is 5.40. The van der Waals surface area contributed by atoms with Gasteiger partial charge in [-0.2, -0.15) is 0 Å². The average Bonchev–Trinajstić information content (AvgIpc) is 2.39. The third kappa shape index (κ3) is 3.92. The fourth-order valence-corrected chi connectivity index (χ4v) is 2.07. The number of aromatic nitrogens is 2. The number of nitrogens with one attached hydrogen (secondary N) is 1. The number of nitrogen functional groups attached to an aromatic ring is 1. The van der Waals surface area contributed by atoms with E-state index in [9.17, 15) is 9.18 Å². The molecule has 7 heteroatoms. The fraction of sp³-hybridized carbons (Fsp3) is 0.0833. The van der Waals surface area contributed by atoms with Crippen molar-refractivity contribution >= 4 is 29.3 Å². The number of halogens is 1. The monoisotopic (exact) mass is 278 g/mol. The number of rotatable bonds is 4. The number of hydrogen-bond donors (Lipinski definition) is 2. The number of anilines is 2. The van der Waals surface area contributed by atoms with Crippen LogP contribution in [0.4, 0.5) is 16.0 Å². The number of carbonyl (C=O) groups is 1. The SMILES string of the molecule is Nc1cc(F)ccc1SCC(=O)Nc1ncccn1. The van der Waals surface area contributed by atoms with E-state index >= 15 is 0 Å². The van der Waals surface area contributed by atoms with Crippen LogP contribution in [0.25, 0.3) is 0 Å². The summed E-state index contributed by atoms with van der Waals surface area (Å²) in [5, 5.41) is 2.55. The number of nitrogens with two attached hydrogens (primary N) is 1. The van der Waals surface area contributed by atoms with Crippen molar-refractivity contribution in [3.05, 3.63) is 42.5 Å². The van der Waals surface area contributed by atoms with Crippen LogP contribution in [-0.2, 0) is 4.79 Å². The van der Waals surface area contributed by atoms with Crippen LogP contribution in [0.2, 0.25) is 0 Å². The molecule has 0 atom stereocenters. The minimum absolute atomic E-state index is 0.147. The van der Waals surface area contributed by atoms with Crippen LogP contribution in [0.15, 0.2) is 41.6 Å². The predicted molar refractivity (Wildman–Crippen MR) is 72.2 cm³/mol. The van der Waals surface area contributed by atoms with Crippen molar-refractivity contribution < 1.29 is 9.18 Å². The van der Waals surface area contributed by atoms with Crippen LogP contribution in [0.1, 0.15) is 0 Å². The van der Waals surface area contributed by atoms with E-state index in [0.29, 0.717) is 10.6 Å². The number of benzene rings is 1. The molecule has 98 valence electrons. The molecule has 0 spiro atoms. The third-order valence-corrected chi connectivity index (χ3v) is 3.24. The number of thioether (sulfide) groups is 1. The first-order chi connectivity index (χ1) is 9.15. The van der Waals surface area contributed by atoms with E-state index in [1.807, 2.05) is 0 Å². The van der Waals surface area contributed by atoms with Gasteiger partial charge in [0.25, 0.3) is 0 Å². The lowest BCUT2D eigenvalue weighted by Crippen LogP contribution is -2.15. The van der Waals surface area contributed by atoms with Crippen LogP contribution in [0.5, 0.6) is 0 Å². The summed E-state index contributed by atoms with van der Waals surface area (Å²) in [5.74, 6) is -0.252. The molecule has 1 heterocycles. The van der Waals surface area contributed by atoms with Gasteiger partial charge in [0.05, 0.1) is 5.75 Å². The predicted octanol–water partition coefficient (Wildman–Crippen LogP) is 1.93. The van der Waals surface area contributed by atoms with Gasteiger partial charge in [-0.3, -0.25) is 10.1 Å². The van der Waals surface area contributed by atoms with Crippen LogP contribution in [0.3, 0.4) is 0 Å². The second-order valence-electron chi connectivity index (χ2n) is 3.59. The highest BCUT2D eigenvalue weighted by Crippen LogP contribution is 2.25. The molecule has 0 radical (unpaired) electrons. The summed E-state index contributed by atoms with van der Waals surface area (Å²) in [6.45, 7) is 0. The topological polar surface area (TPSA) is 80.9 Å². The highest BCUT2D eigenvalue weighted by molar-refractivity contribution is 8.00. The van der Waals surface area contributed by atoms with E-state index in [4.69, 9.17) is 5.73 Å². The van der Waals surface area contributed by atoms with Crippen molar-refractivity contribution in [2.45, 2.75) is 4.90 Å². The maximum Gasteiger partial charge on any atom is 0.237 e. The highest BCUT2D eigenvalue weighted by atomic mass is 32.2. The molecule has 0 saturated carbocycles. The summed E-state index contributed by atoms with van der Waals surface area (Å²) in [6, 6.07) is 5.72. The van der Waals surface area contributed by atoms with Gasteiger partial charge in [0, 0.05) is 23.0 Å². The van der Waals surface area contributed by atoms with Gasteiger partial charge in [-0.15, -0.1) is 11.8 Å². The van der Waals surface area contributed by atoms with Crippen LogP contribution >= 0.6 is 11.8 Å². The van der Waals surface area contributed by atoms with Gasteiger partial charge in [-0.25, -0.2) is 14.4 Å². The van der Waals surface area contributed by atoms with Gasteiger partial charge < -0.3 is 5.73 Å². The van der Waals surface area contributed by atoms with E-state index in [-0.39, 0.29) is 17.6 Å². The van der Waals surface area contributed by atoms with Gasteiger partial charge in [-0.05, 0) is 24.3 Å². The summed E-state index contributed by atoms with van der Waals surface area (Å²) in [6.07, 6.45) is 3.07. The minimum Gasteiger partial charge on any atom is -0.398 e. The third-order valence-electron chi connectivity index (χ3n) is 2.15. The number of carbonyl (C=O) groups excluding carboxylic acids is 1. The van der Waals surface area contributed by atoms with Gasteiger partial charge in [0.2, 0.25) is 11.9 Å². The standard InChI is InChI=1S/C12H11FN4OS/c13-8-2-3-10(9(14)6-8)19-7-11(18)17-12-15-4-1-5-16-12/h1-6H,7,14H2,(H,15,16,17,18). The quantitative estimate of drug-likeness (QED) is 0.659. The van der Waals surface area contributed by atoms with Crippen molar-refractivity contribution in [1.82, 2.24) is 9.97 Å². The lowest BCUT2D eigenvalue weighted by Gasteiger charge is -2.05. The normalized spacial score (nSPS) is 10.2. The Bertz CT molecular complexity index is 579. The molecule has 5 nitrogen and oxygen atoms in total. The molecule has 0 bridgehead atoms. The minimum atomic E-state index is -0.399. The number of hydrogen-bond acceptors (Lipinski definition) is 5. The molecule has 0 fully saturated rings. The fourth-order valence-electron chi connectivity index (χ4n) is 1.32. The van der Waals surface area contributed by atoms with E-state index < -0.39 is 5.82 Å². The summed E-state index contributed by atoms with van der Waals surface area (Å²) in [7, 11) is 0. The smallest absolute Gasteiger partial charge is 0.237 e. The van der Waals surface area contributed by atoms with Gasteiger partial charge in [-0.1, -0.05) is 0 Å². The van der Waals surface area contributed by atoms with Gasteiger partial charge in [0.1, 0.15) is 5.82 Å². The van der Waals surface area contributed by atoms with Crippen molar-refractivity contribution in [3.8, 4) is 0 Å². The molecule has 0 aliphatic rings.